The lowest BCUT2D eigenvalue weighted by Gasteiger charge is -2.10. The summed E-state index contributed by atoms with van der Waals surface area (Å²) in [5.74, 6) is 2.58. The molecule has 0 bridgehead atoms. The highest BCUT2D eigenvalue weighted by atomic mass is 16.5. The Morgan fingerprint density at radius 2 is 1.61 bits per heavy atom. The van der Waals surface area contributed by atoms with Gasteiger partial charge in [-0.05, 0) is 38.8 Å². The van der Waals surface area contributed by atoms with Crippen molar-refractivity contribution in [3.05, 3.63) is 41.2 Å². The van der Waals surface area contributed by atoms with E-state index >= 15 is 0 Å². The highest BCUT2D eigenvalue weighted by molar-refractivity contribution is 5.59. The van der Waals surface area contributed by atoms with Gasteiger partial charge in [0.05, 0.1) is 11.4 Å². The van der Waals surface area contributed by atoms with Crippen LogP contribution >= 0.6 is 0 Å². The van der Waals surface area contributed by atoms with Gasteiger partial charge < -0.3 is 20.1 Å². The zero-order valence-electron chi connectivity index (χ0n) is 21.1. The van der Waals surface area contributed by atoms with E-state index in [0.29, 0.717) is 35.6 Å². The summed E-state index contributed by atoms with van der Waals surface area (Å²) in [6, 6.07) is 3.32. The third-order valence-electron chi connectivity index (χ3n) is 6.51. The molecule has 0 saturated heterocycles. The van der Waals surface area contributed by atoms with Crippen molar-refractivity contribution in [3.8, 4) is 17.2 Å². The standard InChI is InChI=1S/C19H22N6O2.C6H12.CH2O2/c1-11-14(17(27-25-11)15-7-8-16(26)12(2)23-15)9-20-19-22-10-21-18(24-19)13-5-3-4-6-13;1-2-4-6-5-3-1;2-1-3/h7-8,10,13,26H,3-6,9H2,1-2H3,(H,20,21,22,24);1-6H2;1H,(H,2,3). The molecule has 3 N–H and O–H groups in total. The first kappa shape index (κ1) is 27.0. The van der Waals surface area contributed by atoms with Crippen LogP contribution in [0.2, 0.25) is 0 Å². The van der Waals surface area contributed by atoms with E-state index in [-0.39, 0.29) is 12.2 Å². The molecule has 3 heterocycles. The molecule has 2 fully saturated rings. The normalized spacial score (nSPS) is 15.3. The first-order valence-electron chi connectivity index (χ1n) is 12.7. The molecular weight excluding hydrogens is 460 g/mol. The van der Waals surface area contributed by atoms with Crippen LogP contribution in [0.4, 0.5) is 5.95 Å². The Kier molecular flexibility index (Phi) is 10.6. The van der Waals surface area contributed by atoms with E-state index in [4.69, 9.17) is 14.4 Å². The number of aromatic hydroxyl groups is 1. The van der Waals surface area contributed by atoms with Gasteiger partial charge in [0.2, 0.25) is 5.95 Å². The molecule has 0 unspecified atom stereocenters. The van der Waals surface area contributed by atoms with Crippen LogP contribution in [0.5, 0.6) is 5.75 Å². The van der Waals surface area contributed by atoms with E-state index in [9.17, 15) is 5.11 Å². The number of carboxylic acid groups (broad SMARTS) is 1. The summed E-state index contributed by atoms with van der Waals surface area (Å²) in [5, 5.41) is 23.9. The Hall–Kier alpha value is -3.56. The fourth-order valence-electron chi connectivity index (χ4n) is 4.48. The number of pyridine rings is 1. The lowest BCUT2D eigenvalue weighted by molar-refractivity contribution is -0.122. The molecule has 2 aliphatic carbocycles. The lowest BCUT2D eigenvalue weighted by atomic mass is 10.0. The van der Waals surface area contributed by atoms with Crippen molar-refractivity contribution in [2.45, 2.75) is 90.5 Å². The van der Waals surface area contributed by atoms with Crippen LogP contribution in [-0.2, 0) is 11.3 Å². The molecule has 0 spiro atoms. The molecule has 10 nitrogen and oxygen atoms in total. The van der Waals surface area contributed by atoms with Gasteiger partial charge in [-0.15, -0.1) is 0 Å². The number of nitrogens with one attached hydrogen (secondary N) is 1. The third-order valence-corrected chi connectivity index (χ3v) is 6.51. The van der Waals surface area contributed by atoms with Crippen molar-refractivity contribution in [1.82, 2.24) is 25.1 Å². The van der Waals surface area contributed by atoms with Gasteiger partial charge in [0, 0.05) is 18.0 Å². The summed E-state index contributed by atoms with van der Waals surface area (Å²) >= 11 is 0. The Morgan fingerprint density at radius 3 is 2.22 bits per heavy atom. The van der Waals surface area contributed by atoms with Gasteiger partial charge in [0.25, 0.3) is 6.47 Å². The SMILES string of the molecule is C1CCCCC1.Cc1nc(-c2onc(C)c2CNc2ncnc(C3CCCC3)n2)ccc1O.O=CO. The van der Waals surface area contributed by atoms with E-state index < -0.39 is 0 Å². The van der Waals surface area contributed by atoms with Gasteiger partial charge >= 0.3 is 0 Å². The molecule has 0 amide bonds. The van der Waals surface area contributed by atoms with Crippen LogP contribution in [0, 0.1) is 13.8 Å². The zero-order chi connectivity index (χ0) is 25.8. The molecule has 10 heteroatoms. The quantitative estimate of drug-likeness (QED) is 0.384. The first-order valence-corrected chi connectivity index (χ1v) is 12.7. The van der Waals surface area contributed by atoms with Gasteiger partial charge in [-0.1, -0.05) is 56.5 Å². The third kappa shape index (κ3) is 7.73. The van der Waals surface area contributed by atoms with Crippen LogP contribution in [0.25, 0.3) is 11.5 Å². The van der Waals surface area contributed by atoms with Gasteiger partial charge in [-0.2, -0.15) is 4.98 Å². The number of aromatic nitrogens is 5. The molecule has 0 aromatic carbocycles. The summed E-state index contributed by atoms with van der Waals surface area (Å²) in [5.41, 5.74) is 2.83. The Morgan fingerprint density at radius 1 is 0.972 bits per heavy atom. The number of aryl methyl sites for hydroxylation is 2. The molecule has 36 heavy (non-hydrogen) atoms. The largest absolute Gasteiger partial charge is 0.506 e. The van der Waals surface area contributed by atoms with Gasteiger partial charge in [0.15, 0.2) is 5.76 Å². The van der Waals surface area contributed by atoms with E-state index in [0.717, 1.165) is 29.9 Å². The van der Waals surface area contributed by atoms with E-state index in [2.05, 4.69) is 30.4 Å². The van der Waals surface area contributed by atoms with Crippen molar-refractivity contribution in [2.24, 2.45) is 0 Å². The van der Waals surface area contributed by atoms with Crippen molar-refractivity contribution in [3.63, 3.8) is 0 Å². The molecule has 2 saturated carbocycles. The Bertz CT molecular complexity index is 1080. The molecule has 0 aliphatic heterocycles. The van der Waals surface area contributed by atoms with Crippen LogP contribution in [0.3, 0.4) is 0 Å². The summed E-state index contributed by atoms with van der Waals surface area (Å²) < 4.78 is 5.48. The predicted octanol–water partition coefficient (Wildman–Crippen LogP) is 5.56. The van der Waals surface area contributed by atoms with Crippen molar-refractivity contribution in [1.29, 1.82) is 0 Å². The van der Waals surface area contributed by atoms with Crippen LogP contribution in [0.15, 0.2) is 23.0 Å². The number of hydrogen-bond acceptors (Lipinski definition) is 9. The van der Waals surface area contributed by atoms with E-state index in [1.54, 1.807) is 25.4 Å². The van der Waals surface area contributed by atoms with Gasteiger partial charge in [0.1, 0.15) is 23.6 Å². The molecule has 0 radical (unpaired) electrons. The van der Waals surface area contributed by atoms with Crippen molar-refractivity contribution in [2.75, 3.05) is 5.32 Å². The maximum absolute atomic E-state index is 9.69. The maximum Gasteiger partial charge on any atom is 0.290 e. The monoisotopic (exact) mass is 496 g/mol. The number of hydrogen-bond donors (Lipinski definition) is 3. The minimum atomic E-state index is -0.250. The molecule has 5 rings (SSSR count). The second-order valence-electron chi connectivity index (χ2n) is 9.11. The summed E-state index contributed by atoms with van der Waals surface area (Å²) in [7, 11) is 0. The highest BCUT2D eigenvalue weighted by Crippen LogP contribution is 2.32. The fourth-order valence-corrected chi connectivity index (χ4v) is 4.48. The molecular formula is C26H36N6O4. The molecule has 0 atom stereocenters. The minimum absolute atomic E-state index is 0.152. The average molecular weight is 497 g/mol. The molecule has 194 valence electrons. The van der Waals surface area contributed by atoms with Crippen molar-refractivity contribution < 1.29 is 19.5 Å². The Balaban J connectivity index is 0.000000341. The second-order valence-corrected chi connectivity index (χ2v) is 9.11. The van der Waals surface area contributed by atoms with Crippen LogP contribution in [-0.4, -0.2) is 41.8 Å². The predicted molar refractivity (Wildman–Crippen MR) is 136 cm³/mol. The maximum atomic E-state index is 9.69. The highest BCUT2D eigenvalue weighted by Gasteiger charge is 2.21. The molecule has 2 aliphatic rings. The minimum Gasteiger partial charge on any atom is -0.506 e. The van der Waals surface area contributed by atoms with E-state index in [1.807, 2.05) is 6.92 Å². The van der Waals surface area contributed by atoms with Gasteiger partial charge in [-0.3, -0.25) is 4.79 Å². The summed E-state index contributed by atoms with van der Waals surface area (Å²) in [6.45, 7) is 3.84. The van der Waals surface area contributed by atoms with Crippen LogP contribution in [0.1, 0.15) is 92.9 Å². The second kappa shape index (κ2) is 14.1. The molecule has 3 aromatic rings. The van der Waals surface area contributed by atoms with E-state index in [1.165, 1.54) is 51.4 Å². The van der Waals surface area contributed by atoms with Crippen molar-refractivity contribution >= 4 is 12.4 Å². The number of rotatable bonds is 5. The topological polar surface area (TPSA) is 147 Å². The fraction of sp³-hybridized carbons (Fsp3) is 0.538. The van der Waals surface area contributed by atoms with Gasteiger partial charge in [-0.25, -0.2) is 15.0 Å². The summed E-state index contributed by atoms with van der Waals surface area (Å²) in [4.78, 5) is 25.9. The number of carbonyl (C=O) groups is 1. The lowest BCUT2D eigenvalue weighted by Crippen LogP contribution is -2.09. The molecule has 3 aromatic heterocycles. The summed E-state index contributed by atoms with van der Waals surface area (Å²) in [6.07, 6.45) is 15.3. The zero-order valence-corrected chi connectivity index (χ0v) is 21.1. The number of nitrogens with zero attached hydrogens (tertiary/aromatic N) is 5. The smallest absolute Gasteiger partial charge is 0.290 e. The average Bonchev–Trinajstić information content (AvgIpc) is 3.57. The number of anilines is 1. The Labute approximate surface area is 211 Å². The van der Waals surface area contributed by atoms with Crippen LogP contribution < -0.4 is 5.32 Å². The first-order chi connectivity index (χ1) is 17.5.